The molecule has 5 nitrogen and oxygen atoms in total. The van der Waals surface area contributed by atoms with Crippen LogP contribution in [0.2, 0.25) is 0 Å². The van der Waals surface area contributed by atoms with Gasteiger partial charge in [0.2, 0.25) is 0 Å². The van der Waals surface area contributed by atoms with Crippen LogP contribution in [-0.2, 0) is 4.79 Å². The fourth-order valence-electron chi connectivity index (χ4n) is 2.54. The molecule has 0 rings (SSSR count). The van der Waals surface area contributed by atoms with Crippen molar-refractivity contribution in [3.8, 4) is 0 Å². The molecule has 132 valence electrons. The van der Waals surface area contributed by atoms with Crippen LogP contribution in [0.3, 0.4) is 0 Å². The van der Waals surface area contributed by atoms with Crippen LogP contribution in [0.25, 0.3) is 0 Å². The standard InChI is InChI=1S/C17H34O5/c18-14-10-6-5-8-12-16(20)15(19)11-7-3-1-2-4-9-13-17(21)22/h15-16,18-20H,1-14H2,(H,21,22). The zero-order valence-electron chi connectivity index (χ0n) is 13.8. The number of carboxylic acids is 1. The number of rotatable bonds is 16. The number of aliphatic hydroxyl groups excluding tert-OH is 3. The van der Waals surface area contributed by atoms with E-state index in [1.807, 2.05) is 0 Å². The minimum Gasteiger partial charge on any atom is -0.481 e. The average Bonchev–Trinajstić information content (AvgIpc) is 2.48. The predicted octanol–water partition coefficient (Wildman–Crippen LogP) is 2.86. The first kappa shape index (κ1) is 21.4. The molecule has 0 aliphatic heterocycles. The van der Waals surface area contributed by atoms with Gasteiger partial charge in [0.05, 0.1) is 12.2 Å². The largest absolute Gasteiger partial charge is 0.481 e. The second-order valence-electron chi connectivity index (χ2n) is 6.11. The number of aliphatic hydroxyl groups is 3. The highest BCUT2D eigenvalue weighted by Crippen LogP contribution is 2.14. The van der Waals surface area contributed by atoms with Gasteiger partial charge in [0.1, 0.15) is 0 Å². The van der Waals surface area contributed by atoms with E-state index in [1.54, 1.807) is 0 Å². The van der Waals surface area contributed by atoms with Crippen molar-refractivity contribution in [2.75, 3.05) is 6.61 Å². The maximum atomic E-state index is 10.3. The SMILES string of the molecule is O=C(O)CCCCCCCCC(O)C(O)CCCCCCO. The van der Waals surface area contributed by atoms with E-state index in [9.17, 15) is 15.0 Å². The summed E-state index contributed by atoms with van der Waals surface area (Å²) in [6, 6.07) is 0. The van der Waals surface area contributed by atoms with Gasteiger partial charge in [0.15, 0.2) is 0 Å². The molecule has 0 aliphatic carbocycles. The molecule has 0 aliphatic rings. The smallest absolute Gasteiger partial charge is 0.303 e. The quantitative estimate of drug-likeness (QED) is 0.328. The molecule has 22 heavy (non-hydrogen) atoms. The number of aliphatic carboxylic acids is 1. The third-order valence-corrected chi connectivity index (χ3v) is 3.99. The van der Waals surface area contributed by atoms with Crippen LogP contribution in [0.15, 0.2) is 0 Å². The molecule has 2 unspecified atom stereocenters. The Bertz CT molecular complexity index is 257. The Kier molecular flexibility index (Phi) is 14.8. The van der Waals surface area contributed by atoms with E-state index in [0.29, 0.717) is 12.8 Å². The van der Waals surface area contributed by atoms with Crippen molar-refractivity contribution in [1.29, 1.82) is 0 Å². The Morgan fingerprint density at radius 1 is 0.682 bits per heavy atom. The van der Waals surface area contributed by atoms with Crippen LogP contribution in [0.1, 0.15) is 83.5 Å². The van der Waals surface area contributed by atoms with Gasteiger partial charge in [0, 0.05) is 13.0 Å². The van der Waals surface area contributed by atoms with Gasteiger partial charge in [-0.25, -0.2) is 0 Å². The molecule has 0 bridgehead atoms. The summed E-state index contributed by atoms with van der Waals surface area (Å²) in [5, 5.41) is 36.9. The molecule has 0 saturated carbocycles. The molecule has 2 atom stereocenters. The third kappa shape index (κ3) is 14.3. The molecule has 0 amide bonds. The van der Waals surface area contributed by atoms with E-state index in [4.69, 9.17) is 10.2 Å². The van der Waals surface area contributed by atoms with Crippen molar-refractivity contribution in [3.63, 3.8) is 0 Å². The third-order valence-electron chi connectivity index (χ3n) is 3.99. The highest BCUT2D eigenvalue weighted by molar-refractivity contribution is 5.66. The van der Waals surface area contributed by atoms with E-state index in [0.717, 1.165) is 64.2 Å². The zero-order chi connectivity index (χ0) is 16.6. The molecule has 0 saturated heterocycles. The first-order chi connectivity index (χ1) is 10.6. The first-order valence-corrected chi connectivity index (χ1v) is 8.76. The minimum atomic E-state index is -0.728. The van der Waals surface area contributed by atoms with Crippen molar-refractivity contribution < 1.29 is 25.2 Å². The molecule has 0 aromatic heterocycles. The van der Waals surface area contributed by atoms with Crippen LogP contribution >= 0.6 is 0 Å². The Labute approximate surface area is 134 Å². The van der Waals surface area contributed by atoms with Crippen molar-refractivity contribution in [1.82, 2.24) is 0 Å². The molecule has 0 fully saturated rings. The summed E-state index contributed by atoms with van der Waals surface area (Å²) in [5.41, 5.74) is 0. The summed E-state index contributed by atoms with van der Waals surface area (Å²) in [6.45, 7) is 0.224. The van der Waals surface area contributed by atoms with E-state index in [-0.39, 0.29) is 13.0 Å². The highest BCUT2D eigenvalue weighted by Gasteiger charge is 2.15. The van der Waals surface area contributed by atoms with Crippen LogP contribution in [-0.4, -0.2) is 45.2 Å². The van der Waals surface area contributed by atoms with Crippen LogP contribution < -0.4 is 0 Å². The van der Waals surface area contributed by atoms with Gasteiger partial charge < -0.3 is 20.4 Å². The van der Waals surface area contributed by atoms with Gasteiger partial charge in [-0.05, 0) is 25.7 Å². The topological polar surface area (TPSA) is 98.0 Å². The summed E-state index contributed by atoms with van der Waals surface area (Å²) in [7, 11) is 0. The van der Waals surface area contributed by atoms with Crippen molar-refractivity contribution in [3.05, 3.63) is 0 Å². The number of hydrogen-bond acceptors (Lipinski definition) is 4. The molecule has 0 heterocycles. The lowest BCUT2D eigenvalue weighted by Gasteiger charge is -2.17. The Morgan fingerprint density at radius 3 is 1.55 bits per heavy atom. The Hall–Kier alpha value is -0.650. The molecule has 0 radical (unpaired) electrons. The van der Waals surface area contributed by atoms with Gasteiger partial charge in [-0.15, -0.1) is 0 Å². The average molecular weight is 318 g/mol. The maximum absolute atomic E-state index is 10.3. The van der Waals surface area contributed by atoms with Gasteiger partial charge in [-0.2, -0.15) is 0 Å². The summed E-state index contributed by atoms with van der Waals surface area (Å²) >= 11 is 0. The molecule has 0 spiro atoms. The lowest BCUT2D eigenvalue weighted by molar-refractivity contribution is -0.137. The summed E-state index contributed by atoms with van der Waals surface area (Å²) in [6.07, 6.45) is 9.62. The zero-order valence-corrected chi connectivity index (χ0v) is 13.8. The number of hydrogen-bond donors (Lipinski definition) is 4. The molecule has 0 aromatic rings. The maximum Gasteiger partial charge on any atom is 0.303 e. The van der Waals surface area contributed by atoms with E-state index in [1.165, 1.54) is 0 Å². The fraction of sp³-hybridized carbons (Fsp3) is 0.941. The van der Waals surface area contributed by atoms with Crippen LogP contribution in [0.4, 0.5) is 0 Å². The molecule has 5 heteroatoms. The molecule has 4 N–H and O–H groups in total. The molecule has 0 aromatic carbocycles. The van der Waals surface area contributed by atoms with Crippen molar-refractivity contribution >= 4 is 5.97 Å². The summed E-state index contributed by atoms with van der Waals surface area (Å²) in [5.74, 6) is -0.728. The number of carboxylic acid groups (broad SMARTS) is 1. The van der Waals surface area contributed by atoms with Gasteiger partial charge in [-0.3, -0.25) is 4.79 Å². The fourth-order valence-corrected chi connectivity index (χ4v) is 2.54. The summed E-state index contributed by atoms with van der Waals surface area (Å²) in [4.78, 5) is 10.3. The second kappa shape index (κ2) is 15.3. The lowest BCUT2D eigenvalue weighted by Crippen LogP contribution is -2.25. The van der Waals surface area contributed by atoms with E-state index < -0.39 is 18.2 Å². The first-order valence-electron chi connectivity index (χ1n) is 8.76. The van der Waals surface area contributed by atoms with Crippen LogP contribution in [0.5, 0.6) is 0 Å². The number of unbranched alkanes of at least 4 members (excludes halogenated alkanes) is 8. The summed E-state index contributed by atoms with van der Waals surface area (Å²) < 4.78 is 0. The Balaban J connectivity index is 3.36. The van der Waals surface area contributed by atoms with Crippen molar-refractivity contribution in [2.45, 2.75) is 95.7 Å². The monoisotopic (exact) mass is 318 g/mol. The van der Waals surface area contributed by atoms with E-state index >= 15 is 0 Å². The van der Waals surface area contributed by atoms with Gasteiger partial charge >= 0.3 is 5.97 Å². The predicted molar refractivity (Wildman–Crippen MR) is 86.8 cm³/mol. The minimum absolute atomic E-state index is 0.224. The van der Waals surface area contributed by atoms with Crippen LogP contribution in [0, 0.1) is 0 Å². The highest BCUT2D eigenvalue weighted by atomic mass is 16.4. The molecular formula is C17H34O5. The Morgan fingerprint density at radius 2 is 1.09 bits per heavy atom. The van der Waals surface area contributed by atoms with Crippen molar-refractivity contribution in [2.24, 2.45) is 0 Å². The van der Waals surface area contributed by atoms with Gasteiger partial charge in [0.25, 0.3) is 0 Å². The van der Waals surface area contributed by atoms with Gasteiger partial charge in [-0.1, -0.05) is 51.4 Å². The lowest BCUT2D eigenvalue weighted by atomic mass is 10.00. The second-order valence-corrected chi connectivity index (χ2v) is 6.11. The van der Waals surface area contributed by atoms with E-state index in [2.05, 4.69) is 0 Å². The molecular weight excluding hydrogens is 284 g/mol. The number of carbonyl (C=O) groups is 1. The normalized spacial score (nSPS) is 14.0.